The molecule has 1 aromatic heterocycles. The van der Waals surface area contributed by atoms with Gasteiger partial charge in [-0.3, -0.25) is 0 Å². The first-order valence-electron chi connectivity index (χ1n) is 10.7. The summed E-state index contributed by atoms with van der Waals surface area (Å²) in [6.07, 6.45) is -1.69. The van der Waals surface area contributed by atoms with Crippen LogP contribution in [-0.2, 0) is 28.7 Å². The molecule has 192 valence electrons. The van der Waals surface area contributed by atoms with Crippen molar-refractivity contribution in [1.29, 1.82) is 0 Å². The van der Waals surface area contributed by atoms with Crippen LogP contribution < -0.4 is 20.1 Å². The number of hydrogen-bond acceptors (Lipinski definition) is 6. The third-order valence-corrected chi connectivity index (χ3v) is 5.95. The fourth-order valence-corrected chi connectivity index (χ4v) is 3.87. The zero-order valence-electron chi connectivity index (χ0n) is 19.8. The molecule has 13 heteroatoms. The number of halogens is 1. The van der Waals surface area contributed by atoms with Crippen molar-refractivity contribution in [2.45, 2.75) is 39.3 Å². The van der Waals surface area contributed by atoms with Gasteiger partial charge in [-0.25, -0.2) is 19.3 Å². The number of carbonyl (C=O) groups excluding carboxylic acids is 1. The monoisotopic (exact) mass is 535 g/mol. The van der Waals surface area contributed by atoms with Crippen molar-refractivity contribution in [2.24, 2.45) is 0 Å². The number of aromatic nitrogens is 1. The summed E-state index contributed by atoms with van der Waals surface area (Å²) in [4.78, 5) is 27.6. The molecule has 0 bridgehead atoms. The Labute approximate surface area is 213 Å². The van der Waals surface area contributed by atoms with Crippen molar-refractivity contribution >= 4 is 39.6 Å². The predicted molar refractivity (Wildman–Crippen MR) is 135 cm³/mol. The SMILES string of the molecule is CC(C)(C)c1nc(-c2cccc(Cl)c2)c(CNC(=O)Nc2ccc(CNS(=O)(=O)NC(=O)O)cc2)o1. The summed E-state index contributed by atoms with van der Waals surface area (Å²) >= 11 is 6.14. The number of carboxylic acid groups (broad SMARTS) is 1. The number of hydrogen-bond donors (Lipinski definition) is 5. The van der Waals surface area contributed by atoms with E-state index in [0.717, 1.165) is 5.56 Å². The highest BCUT2D eigenvalue weighted by Gasteiger charge is 2.24. The normalized spacial score (nSPS) is 11.7. The molecular formula is C23H26ClN5O6S. The predicted octanol–water partition coefficient (Wildman–Crippen LogP) is 4.22. The first-order chi connectivity index (χ1) is 16.8. The number of benzene rings is 2. The summed E-state index contributed by atoms with van der Waals surface area (Å²) in [6, 6.07) is 13.0. The van der Waals surface area contributed by atoms with E-state index < -0.39 is 22.3 Å². The Morgan fingerprint density at radius 1 is 1.08 bits per heavy atom. The van der Waals surface area contributed by atoms with Crippen molar-refractivity contribution in [2.75, 3.05) is 5.32 Å². The van der Waals surface area contributed by atoms with Gasteiger partial charge < -0.3 is 20.2 Å². The van der Waals surface area contributed by atoms with Crippen LogP contribution >= 0.6 is 11.6 Å². The smallest absolute Gasteiger partial charge is 0.419 e. The Hall–Kier alpha value is -3.61. The van der Waals surface area contributed by atoms with Crippen molar-refractivity contribution in [3.05, 3.63) is 70.8 Å². The highest BCUT2D eigenvalue weighted by Crippen LogP contribution is 2.31. The lowest BCUT2D eigenvalue weighted by Crippen LogP contribution is -2.39. The van der Waals surface area contributed by atoms with Crippen molar-refractivity contribution in [1.82, 2.24) is 19.7 Å². The molecule has 0 radical (unpaired) electrons. The van der Waals surface area contributed by atoms with E-state index >= 15 is 0 Å². The van der Waals surface area contributed by atoms with Crippen LogP contribution in [0.3, 0.4) is 0 Å². The zero-order chi connectivity index (χ0) is 26.5. The molecular weight excluding hydrogens is 510 g/mol. The number of rotatable bonds is 8. The molecule has 1 heterocycles. The molecule has 0 saturated carbocycles. The highest BCUT2D eigenvalue weighted by molar-refractivity contribution is 7.88. The van der Waals surface area contributed by atoms with Crippen LogP contribution in [-0.4, -0.2) is 30.6 Å². The van der Waals surface area contributed by atoms with Crippen LogP contribution in [0.2, 0.25) is 5.02 Å². The molecule has 36 heavy (non-hydrogen) atoms. The minimum atomic E-state index is -4.18. The molecule has 3 rings (SSSR count). The van der Waals surface area contributed by atoms with Gasteiger partial charge in [-0.05, 0) is 29.8 Å². The van der Waals surface area contributed by atoms with Gasteiger partial charge in [0.05, 0.1) is 6.54 Å². The Bertz CT molecular complexity index is 1350. The Kier molecular flexibility index (Phi) is 8.23. The second kappa shape index (κ2) is 11.0. The van der Waals surface area contributed by atoms with Gasteiger partial charge in [0.25, 0.3) is 0 Å². The minimum absolute atomic E-state index is 0.0766. The van der Waals surface area contributed by atoms with Crippen molar-refractivity contribution in [3.63, 3.8) is 0 Å². The average Bonchev–Trinajstić information content (AvgIpc) is 3.21. The molecule has 3 amide bonds. The fraction of sp³-hybridized carbons (Fsp3) is 0.261. The number of urea groups is 1. The van der Waals surface area contributed by atoms with Crippen LogP contribution in [0, 0.1) is 0 Å². The topological polar surface area (TPSA) is 163 Å². The van der Waals surface area contributed by atoms with Crippen molar-refractivity contribution in [3.8, 4) is 11.3 Å². The summed E-state index contributed by atoms with van der Waals surface area (Å²) in [7, 11) is -4.18. The van der Waals surface area contributed by atoms with E-state index in [1.807, 2.05) is 32.9 Å². The number of nitrogens with one attached hydrogen (secondary N) is 4. The first-order valence-corrected chi connectivity index (χ1v) is 12.6. The van der Waals surface area contributed by atoms with E-state index in [2.05, 4.69) is 20.3 Å². The summed E-state index contributed by atoms with van der Waals surface area (Å²) in [5, 5.41) is 14.5. The van der Waals surface area contributed by atoms with Crippen LogP contribution in [0.5, 0.6) is 0 Å². The van der Waals surface area contributed by atoms with Crippen LogP contribution in [0.25, 0.3) is 11.3 Å². The summed E-state index contributed by atoms with van der Waals surface area (Å²) in [5.41, 5.74) is 2.04. The molecule has 0 aliphatic heterocycles. The Morgan fingerprint density at radius 2 is 1.78 bits per heavy atom. The number of oxazole rings is 1. The van der Waals surface area contributed by atoms with E-state index in [1.54, 1.807) is 36.4 Å². The molecule has 0 aliphatic carbocycles. The quantitative estimate of drug-likeness (QED) is 0.288. The van der Waals surface area contributed by atoms with Gasteiger partial charge in [-0.1, -0.05) is 56.6 Å². The lowest BCUT2D eigenvalue weighted by Gasteiger charge is -2.12. The maximum absolute atomic E-state index is 12.5. The lowest BCUT2D eigenvalue weighted by atomic mass is 9.97. The first kappa shape index (κ1) is 27.0. The van der Waals surface area contributed by atoms with Gasteiger partial charge in [0.15, 0.2) is 11.7 Å². The maximum Gasteiger partial charge on any atom is 0.419 e. The van der Waals surface area contributed by atoms with E-state index in [4.69, 9.17) is 21.1 Å². The van der Waals surface area contributed by atoms with Gasteiger partial charge in [0.1, 0.15) is 5.69 Å². The van der Waals surface area contributed by atoms with Crippen LogP contribution in [0.4, 0.5) is 15.3 Å². The summed E-state index contributed by atoms with van der Waals surface area (Å²) in [6.45, 7) is 5.86. The molecule has 0 unspecified atom stereocenters. The Balaban J connectivity index is 1.63. The lowest BCUT2D eigenvalue weighted by molar-refractivity contribution is 0.201. The molecule has 0 atom stereocenters. The fourth-order valence-electron chi connectivity index (χ4n) is 3.02. The molecule has 0 aliphatic rings. The third-order valence-electron chi connectivity index (χ3n) is 4.75. The van der Waals surface area contributed by atoms with Gasteiger partial charge in [0, 0.05) is 28.2 Å². The van der Waals surface area contributed by atoms with Crippen molar-refractivity contribution < 1.29 is 27.5 Å². The molecule has 3 aromatic rings. The highest BCUT2D eigenvalue weighted by atomic mass is 35.5. The van der Waals surface area contributed by atoms with Gasteiger partial charge >= 0.3 is 22.3 Å². The zero-order valence-corrected chi connectivity index (χ0v) is 21.3. The average molecular weight is 536 g/mol. The second-order valence-electron chi connectivity index (χ2n) is 8.79. The molecule has 5 N–H and O–H groups in total. The van der Waals surface area contributed by atoms with Gasteiger partial charge in [-0.2, -0.15) is 13.1 Å². The summed E-state index contributed by atoms with van der Waals surface area (Å²) < 4.78 is 32.5. The van der Waals surface area contributed by atoms with Gasteiger partial charge in [-0.15, -0.1) is 0 Å². The maximum atomic E-state index is 12.5. The van der Waals surface area contributed by atoms with E-state index in [-0.39, 0.29) is 18.5 Å². The van der Waals surface area contributed by atoms with Crippen LogP contribution in [0.15, 0.2) is 52.9 Å². The second-order valence-corrected chi connectivity index (χ2v) is 10.7. The largest absolute Gasteiger partial charge is 0.464 e. The third kappa shape index (κ3) is 7.70. The van der Waals surface area contributed by atoms with E-state index in [1.165, 1.54) is 4.72 Å². The molecule has 11 nitrogen and oxygen atoms in total. The van der Waals surface area contributed by atoms with E-state index in [0.29, 0.717) is 33.6 Å². The number of nitrogens with zero attached hydrogens (tertiary/aromatic N) is 1. The minimum Gasteiger partial charge on any atom is -0.464 e. The summed E-state index contributed by atoms with van der Waals surface area (Å²) in [5.74, 6) is 1.01. The molecule has 0 spiro atoms. The Morgan fingerprint density at radius 3 is 2.39 bits per heavy atom. The number of anilines is 1. The standard InChI is InChI=1S/C23H26ClN5O6S/c1-23(2,3)20-28-19(15-5-4-6-16(24)11-15)18(35-20)13-25-21(30)27-17-9-7-14(8-10-17)12-26-36(33,34)29-22(31)32/h4-11,26,29H,12-13H2,1-3H3,(H,31,32)(H2,25,27,30). The number of amides is 3. The van der Waals surface area contributed by atoms with E-state index in [9.17, 15) is 18.0 Å². The van der Waals surface area contributed by atoms with Gasteiger partial charge in [0.2, 0.25) is 0 Å². The molecule has 0 saturated heterocycles. The van der Waals surface area contributed by atoms with Crippen LogP contribution in [0.1, 0.15) is 38.0 Å². The number of carbonyl (C=O) groups is 2. The molecule has 0 fully saturated rings. The molecule has 2 aromatic carbocycles.